The van der Waals surface area contributed by atoms with Crippen molar-refractivity contribution in [3.8, 4) is 0 Å². The van der Waals surface area contributed by atoms with E-state index < -0.39 is 6.04 Å². The molecule has 156 valence electrons. The third-order valence-electron chi connectivity index (χ3n) is 4.89. The molecular formula is C25H34N2O2. The van der Waals surface area contributed by atoms with Gasteiger partial charge in [-0.3, -0.25) is 9.59 Å². The number of carbonyl (C=O) groups is 2. The third-order valence-corrected chi connectivity index (χ3v) is 4.89. The molecule has 0 spiro atoms. The van der Waals surface area contributed by atoms with Crippen LogP contribution < -0.4 is 5.32 Å². The number of rotatable bonds is 7. The Morgan fingerprint density at radius 2 is 1.38 bits per heavy atom. The highest BCUT2D eigenvalue weighted by atomic mass is 16.2. The van der Waals surface area contributed by atoms with E-state index in [1.807, 2.05) is 58.9 Å². The number of hydrogen-bond acceptors (Lipinski definition) is 2. The van der Waals surface area contributed by atoms with Gasteiger partial charge in [0, 0.05) is 18.5 Å². The summed E-state index contributed by atoms with van der Waals surface area (Å²) in [5.74, 6) is -0.143. The van der Waals surface area contributed by atoms with Gasteiger partial charge in [0.05, 0.1) is 0 Å². The number of carbonyl (C=O) groups excluding carboxylic acids is 2. The van der Waals surface area contributed by atoms with Gasteiger partial charge in [-0.15, -0.1) is 0 Å². The lowest BCUT2D eigenvalue weighted by molar-refractivity contribution is -0.141. The van der Waals surface area contributed by atoms with Crippen LogP contribution in [0.2, 0.25) is 0 Å². The summed E-state index contributed by atoms with van der Waals surface area (Å²) in [7, 11) is 0. The first-order valence-electron chi connectivity index (χ1n) is 10.3. The Kier molecular flexibility index (Phi) is 7.60. The van der Waals surface area contributed by atoms with Crippen LogP contribution in [0.1, 0.15) is 56.4 Å². The molecule has 0 saturated carbocycles. The summed E-state index contributed by atoms with van der Waals surface area (Å²) in [4.78, 5) is 27.6. The van der Waals surface area contributed by atoms with Crippen molar-refractivity contribution < 1.29 is 9.59 Å². The van der Waals surface area contributed by atoms with Crippen molar-refractivity contribution in [1.29, 1.82) is 0 Å². The normalized spacial score (nSPS) is 12.3. The topological polar surface area (TPSA) is 49.4 Å². The summed E-state index contributed by atoms with van der Waals surface area (Å²) in [5.41, 5.74) is 4.19. The minimum atomic E-state index is -0.541. The van der Waals surface area contributed by atoms with Crippen LogP contribution in [0.3, 0.4) is 0 Å². The molecule has 0 saturated heterocycles. The molecule has 0 fully saturated rings. The molecule has 2 rings (SSSR count). The van der Waals surface area contributed by atoms with Gasteiger partial charge in [0.1, 0.15) is 6.04 Å². The Morgan fingerprint density at radius 3 is 1.86 bits per heavy atom. The first-order chi connectivity index (χ1) is 13.5. The zero-order chi connectivity index (χ0) is 21.6. The Bertz CT molecular complexity index is 817. The molecule has 2 aromatic rings. The highest BCUT2D eigenvalue weighted by molar-refractivity contribution is 5.87. The molecule has 0 heterocycles. The fourth-order valence-electron chi connectivity index (χ4n) is 3.10. The number of nitrogens with one attached hydrogen (secondary N) is 1. The van der Waals surface area contributed by atoms with Crippen molar-refractivity contribution in [2.24, 2.45) is 0 Å². The SMILES string of the molecule is Cc1ccc(CCC(=O)N(Cc2ccc(C)cc2)[C@@H](C)C(=O)NC(C)(C)C)cc1. The lowest BCUT2D eigenvalue weighted by atomic mass is 10.0. The maximum atomic E-state index is 13.1. The van der Waals surface area contributed by atoms with Crippen LogP contribution in [-0.4, -0.2) is 28.3 Å². The van der Waals surface area contributed by atoms with Gasteiger partial charge in [0.2, 0.25) is 11.8 Å². The zero-order valence-corrected chi connectivity index (χ0v) is 18.6. The number of nitrogens with zero attached hydrogens (tertiary/aromatic N) is 1. The number of benzene rings is 2. The van der Waals surface area contributed by atoms with Crippen LogP contribution >= 0.6 is 0 Å². The largest absolute Gasteiger partial charge is 0.350 e. The maximum Gasteiger partial charge on any atom is 0.242 e. The average Bonchev–Trinajstić information content (AvgIpc) is 2.65. The van der Waals surface area contributed by atoms with Crippen molar-refractivity contribution in [1.82, 2.24) is 10.2 Å². The summed E-state index contributed by atoms with van der Waals surface area (Å²) < 4.78 is 0. The minimum absolute atomic E-state index is 0.0114. The van der Waals surface area contributed by atoms with E-state index in [-0.39, 0.29) is 17.4 Å². The summed E-state index contributed by atoms with van der Waals surface area (Å²) in [6.07, 6.45) is 1.04. The summed E-state index contributed by atoms with van der Waals surface area (Å²) in [6.45, 7) is 12.1. The van der Waals surface area contributed by atoms with Gasteiger partial charge < -0.3 is 10.2 Å². The Morgan fingerprint density at radius 1 is 0.897 bits per heavy atom. The fraction of sp³-hybridized carbons (Fsp3) is 0.440. The van der Waals surface area contributed by atoms with E-state index in [2.05, 4.69) is 29.6 Å². The van der Waals surface area contributed by atoms with E-state index in [1.54, 1.807) is 11.8 Å². The second kappa shape index (κ2) is 9.73. The first kappa shape index (κ1) is 22.7. The molecule has 0 aliphatic carbocycles. The molecule has 1 atom stereocenters. The molecule has 4 heteroatoms. The predicted octanol–water partition coefficient (Wildman–Crippen LogP) is 4.57. The predicted molar refractivity (Wildman–Crippen MR) is 119 cm³/mol. The van der Waals surface area contributed by atoms with E-state index in [9.17, 15) is 9.59 Å². The van der Waals surface area contributed by atoms with Gasteiger partial charge >= 0.3 is 0 Å². The van der Waals surface area contributed by atoms with E-state index in [4.69, 9.17) is 0 Å². The molecular weight excluding hydrogens is 360 g/mol. The fourth-order valence-corrected chi connectivity index (χ4v) is 3.10. The van der Waals surface area contributed by atoms with Gasteiger partial charge in [0.15, 0.2) is 0 Å². The maximum absolute atomic E-state index is 13.1. The van der Waals surface area contributed by atoms with Crippen LogP contribution in [0, 0.1) is 13.8 Å². The van der Waals surface area contributed by atoms with Crippen molar-refractivity contribution in [2.45, 2.75) is 72.5 Å². The molecule has 0 aliphatic rings. The molecule has 0 aromatic heterocycles. The minimum Gasteiger partial charge on any atom is -0.350 e. The lowest BCUT2D eigenvalue weighted by Crippen LogP contribution is -2.52. The average molecular weight is 395 g/mol. The summed E-state index contributed by atoms with van der Waals surface area (Å²) in [5, 5.41) is 3.00. The molecule has 2 amide bonds. The second-order valence-corrected chi connectivity index (χ2v) is 8.91. The quantitative estimate of drug-likeness (QED) is 0.748. The van der Waals surface area contributed by atoms with Gasteiger partial charge in [-0.05, 0) is 59.1 Å². The lowest BCUT2D eigenvalue weighted by Gasteiger charge is -2.31. The smallest absolute Gasteiger partial charge is 0.242 e. The van der Waals surface area contributed by atoms with Crippen molar-refractivity contribution >= 4 is 11.8 Å². The van der Waals surface area contributed by atoms with Gasteiger partial charge in [-0.1, -0.05) is 59.7 Å². The summed E-state index contributed by atoms with van der Waals surface area (Å²) in [6, 6.07) is 15.8. The van der Waals surface area contributed by atoms with Crippen molar-refractivity contribution in [2.75, 3.05) is 0 Å². The molecule has 2 aromatic carbocycles. The van der Waals surface area contributed by atoms with Crippen LogP contribution in [-0.2, 0) is 22.6 Å². The van der Waals surface area contributed by atoms with Crippen LogP contribution in [0.25, 0.3) is 0 Å². The third kappa shape index (κ3) is 7.37. The van der Waals surface area contributed by atoms with E-state index in [1.165, 1.54) is 11.1 Å². The number of amides is 2. The summed E-state index contributed by atoms with van der Waals surface area (Å²) >= 11 is 0. The Hall–Kier alpha value is -2.62. The van der Waals surface area contributed by atoms with Crippen molar-refractivity contribution in [3.05, 3.63) is 70.8 Å². The van der Waals surface area contributed by atoms with Gasteiger partial charge in [0.25, 0.3) is 0 Å². The van der Waals surface area contributed by atoms with E-state index >= 15 is 0 Å². The van der Waals surface area contributed by atoms with Crippen LogP contribution in [0.4, 0.5) is 0 Å². The van der Waals surface area contributed by atoms with Gasteiger partial charge in [-0.25, -0.2) is 0 Å². The zero-order valence-electron chi connectivity index (χ0n) is 18.6. The molecule has 0 aliphatic heterocycles. The molecule has 0 radical (unpaired) electrons. The molecule has 4 nitrogen and oxygen atoms in total. The first-order valence-corrected chi connectivity index (χ1v) is 10.3. The Labute approximate surface area is 175 Å². The number of hydrogen-bond donors (Lipinski definition) is 1. The van der Waals surface area contributed by atoms with Crippen LogP contribution in [0.15, 0.2) is 48.5 Å². The van der Waals surface area contributed by atoms with Gasteiger partial charge in [-0.2, -0.15) is 0 Å². The van der Waals surface area contributed by atoms with Crippen molar-refractivity contribution in [3.63, 3.8) is 0 Å². The van der Waals surface area contributed by atoms with E-state index in [0.717, 1.165) is 11.1 Å². The molecule has 0 bridgehead atoms. The second-order valence-electron chi connectivity index (χ2n) is 8.91. The molecule has 0 unspecified atom stereocenters. The monoisotopic (exact) mass is 394 g/mol. The highest BCUT2D eigenvalue weighted by Gasteiger charge is 2.28. The van der Waals surface area contributed by atoms with Crippen LogP contribution in [0.5, 0.6) is 0 Å². The highest BCUT2D eigenvalue weighted by Crippen LogP contribution is 2.15. The standard InChI is InChI=1S/C25H34N2O2/c1-18-7-11-21(12-8-18)15-16-23(28)27(17-22-13-9-19(2)10-14-22)20(3)24(29)26-25(4,5)6/h7-14,20H,15-17H2,1-6H3,(H,26,29)/t20-/m0/s1. The number of aryl methyl sites for hydroxylation is 3. The van der Waals surface area contributed by atoms with E-state index in [0.29, 0.717) is 19.4 Å². The molecule has 29 heavy (non-hydrogen) atoms. The Balaban J connectivity index is 2.15. The molecule has 1 N–H and O–H groups in total.